The highest BCUT2D eigenvalue weighted by molar-refractivity contribution is 14.1. The second-order valence-corrected chi connectivity index (χ2v) is 7.30. The quantitative estimate of drug-likeness (QED) is 0.468. The van der Waals surface area contributed by atoms with E-state index in [2.05, 4.69) is 20.7 Å². The molecule has 6 heteroatoms. The van der Waals surface area contributed by atoms with E-state index in [9.17, 15) is 4.79 Å². The van der Waals surface area contributed by atoms with Gasteiger partial charge in [-0.1, -0.05) is 18.2 Å². The van der Waals surface area contributed by atoms with Crippen molar-refractivity contribution in [3.63, 3.8) is 0 Å². The first-order valence-electron chi connectivity index (χ1n) is 9.46. The Morgan fingerprint density at radius 2 is 1.79 bits per heavy atom. The van der Waals surface area contributed by atoms with Crippen LogP contribution in [0.2, 0.25) is 0 Å². The number of benzene rings is 2. The van der Waals surface area contributed by atoms with Crippen molar-refractivity contribution >= 4 is 34.5 Å². The van der Waals surface area contributed by atoms with Gasteiger partial charge in [0.05, 0.1) is 37.1 Å². The van der Waals surface area contributed by atoms with Crippen LogP contribution in [0.3, 0.4) is 0 Å². The molecule has 0 radical (unpaired) electrons. The molecule has 28 heavy (non-hydrogen) atoms. The van der Waals surface area contributed by atoms with Crippen LogP contribution in [0.25, 0.3) is 0 Å². The standard InChI is InChI=1S/C22H25IN2O3/c1-27-19-10-7-15(13-20(19)28-2)11-12-24-22(26)21(25-23)18-9-8-16-5-3-4-6-17(16)14-18/h7-10,13-14H,3-6,11-12H2,1-2H3,(H,24,26)/b25-21-. The number of nitrogens with zero attached hydrogens (tertiary/aromatic N) is 1. The normalized spacial score (nSPS) is 13.6. The highest BCUT2D eigenvalue weighted by Crippen LogP contribution is 2.27. The van der Waals surface area contributed by atoms with E-state index in [1.165, 1.54) is 24.0 Å². The average Bonchev–Trinajstić information content (AvgIpc) is 2.74. The molecule has 0 fully saturated rings. The number of halogens is 1. The van der Waals surface area contributed by atoms with Crippen molar-refractivity contribution in [3.05, 3.63) is 58.7 Å². The average molecular weight is 492 g/mol. The Labute approximate surface area is 180 Å². The van der Waals surface area contributed by atoms with Crippen LogP contribution in [-0.4, -0.2) is 32.4 Å². The van der Waals surface area contributed by atoms with Crippen molar-refractivity contribution in [1.29, 1.82) is 0 Å². The zero-order valence-corrected chi connectivity index (χ0v) is 18.4. The molecule has 0 spiro atoms. The summed E-state index contributed by atoms with van der Waals surface area (Å²) in [5, 5.41) is 2.98. The smallest absolute Gasteiger partial charge is 0.271 e. The summed E-state index contributed by atoms with van der Waals surface area (Å²) in [4.78, 5) is 12.7. The fourth-order valence-corrected chi connectivity index (χ4v) is 4.04. The molecule has 0 saturated carbocycles. The minimum absolute atomic E-state index is 0.148. The summed E-state index contributed by atoms with van der Waals surface area (Å²) in [6.45, 7) is 0.523. The molecule has 2 aromatic rings. The zero-order valence-electron chi connectivity index (χ0n) is 16.3. The first-order valence-corrected chi connectivity index (χ1v) is 10.4. The summed E-state index contributed by atoms with van der Waals surface area (Å²) in [5.74, 6) is 1.24. The molecule has 0 bridgehead atoms. The molecule has 0 heterocycles. The van der Waals surface area contributed by atoms with Crippen LogP contribution in [0, 0.1) is 0 Å². The number of amides is 1. The summed E-state index contributed by atoms with van der Waals surface area (Å²) in [5.41, 5.74) is 5.18. The van der Waals surface area contributed by atoms with Gasteiger partial charge in [-0.05, 0) is 67.0 Å². The van der Waals surface area contributed by atoms with Crippen molar-refractivity contribution < 1.29 is 14.3 Å². The van der Waals surface area contributed by atoms with Gasteiger partial charge in [0.15, 0.2) is 11.5 Å². The highest BCUT2D eigenvalue weighted by atomic mass is 127. The Hall–Kier alpha value is -2.09. The van der Waals surface area contributed by atoms with Gasteiger partial charge in [0, 0.05) is 12.1 Å². The summed E-state index contributed by atoms with van der Waals surface area (Å²) < 4.78 is 14.8. The van der Waals surface area contributed by atoms with E-state index >= 15 is 0 Å². The second-order valence-electron chi connectivity index (χ2n) is 6.82. The van der Waals surface area contributed by atoms with Crippen LogP contribution >= 0.6 is 22.9 Å². The van der Waals surface area contributed by atoms with E-state index < -0.39 is 0 Å². The Kier molecular flexibility index (Phi) is 7.30. The van der Waals surface area contributed by atoms with E-state index in [1.54, 1.807) is 14.2 Å². The Morgan fingerprint density at radius 1 is 1.04 bits per heavy atom. The minimum atomic E-state index is -0.148. The van der Waals surface area contributed by atoms with Gasteiger partial charge >= 0.3 is 0 Å². The molecule has 0 aromatic heterocycles. The summed E-state index contributed by atoms with van der Waals surface area (Å²) in [7, 11) is 3.23. The molecule has 0 saturated heterocycles. The van der Waals surface area contributed by atoms with Crippen LogP contribution in [0.15, 0.2) is 39.6 Å². The molecular formula is C22H25IN2O3. The van der Waals surface area contributed by atoms with Crippen LogP contribution < -0.4 is 14.8 Å². The van der Waals surface area contributed by atoms with Gasteiger partial charge in [0.1, 0.15) is 5.71 Å². The third kappa shape index (κ3) is 4.84. The zero-order chi connectivity index (χ0) is 19.9. The summed E-state index contributed by atoms with van der Waals surface area (Å²) in [6, 6.07) is 12.1. The highest BCUT2D eigenvalue weighted by Gasteiger charge is 2.17. The SMILES string of the molecule is COc1ccc(CCNC(=O)/C(=N\I)c2ccc3c(c2)CCCC3)cc1OC. The number of hydrogen-bond acceptors (Lipinski definition) is 4. The maximum atomic E-state index is 12.7. The third-order valence-corrected chi connectivity index (χ3v) is 5.55. The Bertz CT molecular complexity index is 880. The molecular weight excluding hydrogens is 467 g/mol. The molecule has 1 aliphatic carbocycles. The lowest BCUT2D eigenvalue weighted by Crippen LogP contribution is -2.33. The maximum absolute atomic E-state index is 12.7. The van der Waals surface area contributed by atoms with Gasteiger partial charge in [0.25, 0.3) is 5.91 Å². The van der Waals surface area contributed by atoms with Crippen LogP contribution in [0.1, 0.15) is 35.1 Å². The van der Waals surface area contributed by atoms with Gasteiger partial charge in [-0.2, -0.15) is 0 Å². The fraction of sp³-hybridized carbons (Fsp3) is 0.364. The number of fused-ring (bicyclic) bond motifs is 1. The molecule has 0 atom stereocenters. The van der Waals surface area contributed by atoms with Crippen molar-refractivity contribution in [2.45, 2.75) is 32.1 Å². The number of rotatable bonds is 7. The van der Waals surface area contributed by atoms with Crippen LogP contribution in [-0.2, 0) is 24.1 Å². The topological polar surface area (TPSA) is 59.9 Å². The fourth-order valence-electron chi connectivity index (χ4n) is 3.54. The third-order valence-electron chi connectivity index (χ3n) is 5.07. The number of carbonyl (C=O) groups excluding carboxylic acids is 1. The van der Waals surface area contributed by atoms with E-state index in [0.29, 0.717) is 30.2 Å². The van der Waals surface area contributed by atoms with Gasteiger partial charge in [-0.15, -0.1) is 0 Å². The van der Waals surface area contributed by atoms with Gasteiger partial charge in [-0.25, -0.2) is 3.21 Å². The lowest BCUT2D eigenvalue weighted by atomic mass is 9.89. The lowest BCUT2D eigenvalue weighted by Gasteiger charge is -2.17. The molecule has 148 valence electrons. The molecule has 5 nitrogen and oxygen atoms in total. The van der Waals surface area contributed by atoms with E-state index in [0.717, 1.165) is 24.0 Å². The van der Waals surface area contributed by atoms with Crippen LogP contribution in [0.4, 0.5) is 0 Å². The largest absolute Gasteiger partial charge is 0.493 e. The van der Waals surface area contributed by atoms with E-state index in [1.807, 2.05) is 47.1 Å². The number of aryl methyl sites for hydroxylation is 2. The van der Waals surface area contributed by atoms with Crippen molar-refractivity contribution in [2.75, 3.05) is 20.8 Å². The number of hydrogen-bond donors (Lipinski definition) is 1. The summed E-state index contributed by atoms with van der Waals surface area (Å²) in [6.07, 6.45) is 5.37. The van der Waals surface area contributed by atoms with Gasteiger partial charge in [0.2, 0.25) is 0 Å². The summed E-state index contributed by atoms with van der Waals surface area (Å²) >= 11 is 1.90. The second kappa shape index (κ2) is 9.91. The molecule has 0 unspecified atom stereocenters. The van der Waals surface area contributed by atoms with Crippen LogP contribution in [0.5, 0.6) is 11.5 Å². The lowest BCUT2D eigenvalue weighted by molar-refractivity contribution is -0.114. The minimum Gasteiger partial charge on any atom is -0.493 e. The number of ether oxygens (including phenoxy) is 2. The molecule has 2 aromatic carbocycles. The first kappa shape index (κ1) is 20.6. The first-order chi connectivity index (χ1) is 13.7. The molecule has 1 amide bonds. The number of methoxy groups -OCH3 is 2. The monoisotopic (exact) mass is 492 g/mol. The Morgan fingerprint density at radius 3 is 2.50 bits per heavy atom. The van der Waals surface area contributed by atoms with Gasteiger partial charge in [-0.3, -0.25) is 4.79 Å². The predicted octanol–water partition coefficient (Wildman–Crippen LogP) is 4.08. The van der Waals surface area contributed by atoms with Crippen molar-refractivity contribution in [2.24, 2.45) is 3.21 Å². The van der Waals surface area contributed by atoms with Gasteiger partial charge < -0.3 is 14.8 Å². The molecule has 1 N–H and O–H groups in total. The molecule has 0 aliphatic heterocycles. The molecule has 3 rings (SSSR count). The van der Waals surface area contributed by atoms with E-state index in [-0.39, 0.29) is 5.91 Å². The van der Waals surface area contributed by atoms with Crippen molar-refractivity contribution in [3.8, 4) is 11.5 Å². The Balaban J connectivity index is 1.62. The predicted molar refractivity (Wildman–Crippen MR) is 120 cm³/mol. The number of carbonyl (C=O) groups is 1. The molecule has 1 aliphatic rings. The van der Waals surface area contributed by atoms with E-state index in [4.69, 9.17) is 9.47 Å². The van der Waals surface area contributed by atoms with Crippen molar-refractivity contribution in [1.82, 2.24) is 5.32 Å². The maximum Gasteiger partial charge on any atom is 0.271 e. The number of nitrogens with one attached hydrogen (secondary N) is 1.